The highest BCUT2D eigenvalue weighted by Gasteiger charge is 1.99. The van der Waals surface area contributed by atoms with Crippen LogP contribution in [0.5, 0.6) is 0 Å². The lowest BCUT2D eigenvalue weighted by molar-refractivity contribution is -0.204. The number of nitrogens with zero attached hydrogens (tertiary/aromatic N) is 2. The molecule has 1 aliphatic heterocycles. The topological polar surface area (TPSA) is 57.1 Å². The predicted octanol–water partition coefficient (Wildman–Crippen LogP) is -0.247. The zero-order valence-corrected chi connectivity index (χ0v) is 4.90. The summed E-state index contributed by atoms with van der Waals surface area (Å²) >= 11 is 0. The molecule has 2 N–H and O–H groups in total. The molecule has 1 heterocycles. The second-order valence-corrected chi connectivity index (χ2v) is 1.56. The van der Waals surface area contributed by atoms with E-state index in [9.17, 15) is 0 Å². The Bertz CT molecular complexity index is 154. The third-order valence-electron chi connectivity index (χ3n) is 0.843. The van der Waals surface area contributed by atoms with Crippen LogP contribution in [-0.4, -0.2) is 23.7 Å². The second-order valence-electron chi connectivity index (χ2n) is 1.56. The number of rotatable bonds is 1. The van der Waals surface area contributed by atoms with Crippen LogP contribution in [0.2, 0.25) is 0 Å². The maximum Gasteiger partial charge on any atom is 0.275 e. The van der Waals surface area contributed by atoms with Gasteiger partial charge in [0.15, 0.2) is 0 Å². The van der Waals surface area contributed by atoms with E-state index >= 15 is 0 Å². The summed E-state index contributed by atoms with van der Waals surface area (Å²) < 4.78 is 0. The number of hydrazine groups is 1. The van der Waals surface area contributed by atoms with Crippen molar-refractivity contribution >= 4 is 6.34 Å². The van der Waals surface area contributed by atoms with E-state index in [-0.39, 0.29) is 5.88 Å². The summed E-state index contributed by atoms with van der Waals surface area (Å²) in [6.07, 6.45) is 2.91. The monoisotopic (exact) mass is 129 g/mol. The van der Waals surface area contributed by atoms with Gasteiger partial charge < -0.3 is 4.89 Å². The Morgan fingerprint density at radius 3 is 3.11 bits per heavy atom. The normalized spacial score (nSPS) is 16.7. The summed E-state index contributed by atoms with van der Waals surface area (Å²) in [5.74, 6) is 0.146. The Kier molecular flexibility index (Phi) is 1.55. The fourth-order valence-electron chi connectivity index (χ4n) is 0.421. The predicted molar refractivity (Wildman–Crippen MR) is 31.2 cm³/mol. The lowest BCUT2D eigenvalue weighted by Gasteiger charge is -2.15. The van der Waals surface area contributed by atoms with E-state index in [1.165, 1.54) is 12.5 Å². The first-order valence-corrected chi connectivity index (χ1v) is 2.37. The average molecular weight is 129 g/mol. The van der Waals surface area contributed by atoms with Crippen molar-refractivity contribution in [2.24, 2.45) is 4.99 Å². The molecular formula is C4H7N3O2. The lowest BCUT2D eigenvalue weighted by atomic mass is 10.8. The molecule has 5 nitrogen and oxygen atoms in total. The molecule has 0 unspecified atom stereocenters. The fraction of sp³-hybridized carbons (Fsp3) is 0.250. The van der Waals surface area contributed by atoms with Crippen molar-refractivity contribution in [1.29, 1.82) is 0 Å². The zero-order chi connectivity index (χ0) is 6.69. The summed E-state index contributed by atoms with van der Waals surface area (Å²) in [7, 11) is 1.77. The Hall–Kier alpha value is -1.23. The summed E-state index contributed by atoms with van der Waals surface area (Å²) in [5.41, 5.74) is 2.72. The molecule has 0 aliphatic carbocycles. The van der Waals surface area contributed by atoms with Crippen LogP contribution in [0.1, 0.15) is 0 Å². The van der Waals surface area contributed by atoms with Crippen LogP contribution in [0, 0.1) is 0 Å². The minimum atomic E-state index is 0.146. The van der Waals surface area contributed by atoms with Crippen molar-refractivity contribution in [3.8, 4) is 0 Å². The van der Waals surface area contributed by atoms with Gasteiger partial charge in [0, 0.05) is 7.05 Å². The highest BCUT2D eigenvalue weighted by Crippen LogP contribution is 1.96. The zero-order valence-electron chi connectivity index (χ0n) is 4.90. The summed E-state index contributed by atoms with van der Waals surface area (Å²) in [6, 6.07) is 0. The van der Waals surface area contributed by atoms with E-state index in [2.05, 4.69) is 15.3 Å². The molecule has 9 heavy (non-hydrogen) atoms. The highest BCUT2D eigenvalue weighted by atomic mass is 17.1. The minimum Gasteiger partial charge on any atom is -0.318 e. The number of hydrogen-bond acceptors (Lipinski definition) is 5. The molecule has 5 heteroatoms. The van der Waals surface area contributed by atoms with Crippen LogP contribution >= 0.6 is 0 Å². The Morgan fingerprint density at radius 1 is 1.89 bits per heavy atom. The molecule has 0 aromatic rings. The Morgan fingerprint density at radius 2 is 2.67 bits per heavy atom. The first-order valence-electron chi connectivity index (χ1n) is 2.37. The Balaban J connectivity index is 2.52. The van der Waals surface area contributed by atoms with Gasteiger partial charge in [-0.3, -0.25) is 10.4 Å². The van der Waals surface area contributed by atoms with E-state index in [0.717, 1.165) is 0 Å². The van der Waals surface area contributed by atoms with Gasteiger partial charge >= 0.3 is 0 Å². The highest BCUT2D eigenvalue weighted by molar-refractivity contribution is 5.56. The van der Waals surface area contributed by atoms with Crippen LogP contribution in [-0.2, 0) is 4.89 Å². The van der Waals surface area contributed by atoms with Crippen LogP contribution in [0.3, 0.4) is 0 Å². The molecule has 0 fully saturated rings. The molecule has 0 bridgehead atoms. The van der Waals surface area contributed by atoms with Gasteiger partial charge in [-0.2, -0.15) is 4.99 Å². The number of nitrogens with one attached hydrogen (secondary N) is 1. The summed E-state index contributed by atoms with van der Waals surface area (Å²) in [5, 5.41) is 9.65. The van der Waals surface area contributed by atoms with Crippen molar-refractivity contribution in [3.05, 3.63) is 12.1 Å². The molecular weight excluding hydrogens is 122 g/mol. The maximum absolute atomic E-state index is 8.04. The molecule has 1 aliphatic rings. The molecule has 1 rings (SSSR count). The minimum absolute atomic E-state index is 0.146. The third kappa shape index (κ3) is 1.33. The van der Waals surface area contributed by atoms with Gasteiger partial charge in [0.25, 0.3) is 5.88 Å². The van der Waals surface area contributed by atoms with E-state index < -0.39 is 0 Å². The van der Waals surface area contributed by atoms with Crippen LogP contribution in [0.25, 0.3) is 0 Å². The van der Waals surface area contributed by atoms with E-state index in [1.807, 2.05) is 0 Å². The first-order chi connectivity index (χ1) is 4.33. The van der Waals surface area contributed by atoms with Gasteiger partial charge in [0.1, 0.15) is 6.34 Å². The van der Waals surface area contributed by atoms with Gasteiger partial charge in [0.2, 0.25) is 0 Å². The molecule has 0 spiro atoms. The van der Waals surface area contributed by atoms with E-state index in [1.54, 1.807) is 12.1 Å². The van der Waals surface area contributed by atoms with Crippen molar-refractivity contribution in [3.63, 3.8) is 0 Å². The lowest BCUT2D eigenvalue weighted by Crippen LogP contribution is -2.31. The summed E-state index contributed by atoms with van der Waals surface area (Å²) in [6.45, 7) is 0. The quantitative estimate of drug-likeness (QED) is 0.378. The van der Waals surface area contributed by atoms with E-state index in [4.69, 9.17) is 5.26 Å². The van der Waals surface area contributed by atoms with Crippen LogP contribution in [0.15, 0.2) is 17.1 Å². The van der Waals surface area contributed by atoms with Crippen molar-refractivity contribution < 1.29 is 10.1 Å². The molecule has 0 radical (unpaired) electrons. The maximum atomic E-state index is 8.04. The smallest absolute Gasteiger partial charge is 0.275 e. The molecule has 0 aromatic heterocycles. The Labute approximate surface area is 52.2 Å². The largest absolute Gasteiger partial charge is 0.318 e. The molecule has 0 saturated heterocycles. The van der Waals surface area contributed by atoms with Gasteiger partial charge in [-0.15, -0.1) is 0 Å². The van der Waals surface area contributed by atoms with Gasteiger partial charge in [0.05, 0.1) is 6.20 Å². The number of aliphatic imine (C=N–C) groups is 1. The van der Waals surface area contributed by atoms with Gasteiger partial charge in [-0.1, -0.05) is 0 Å². The third-order valence-corrected chi connectivity index (χ3v) is 0.843. The van der Waals surface area contributed by atoms with Crippen molar-refractivity contribution in [2.75, 3.05) is 7.05 Å². The molecule has 0 amide bonds. The van der Waals surface area contributed by atoms with Crippen LogP contribution in [0.4, 0.5) is 0 Å². The standard InChI is InChI=1S/C4H7N3O2/c1-7-3-5-4(9-8)2-6-7/h2-3,6,8H,1H3. The average Bonchev–Trinajstić information content (AvgIpc) is 1.90. The van der Waals surface area contributed by atoms with Crippen LogP contribution < -0.4 is 5.43 Å². The number of hydrogen-bond donors (Lipinski definition) is 2. The second kappa shape index (κ2) is 2.36. The van der Waals surface area contributed by atoms with E-state index in [0.29, 0.717) is 0 Å². The van der Waals surface area contributed by atoms with Crippen molar-refractivity contribution in [1.82, 2.24) is 10.4 Å². The van der Waals surface area contributed by atoms with Gasteiger partial charge in [-0.05, 0) is 0 Å². The molecule has 0 atom stereocenters. The molecule has 50 valence electrons. The summed E-state index contributed by atoms with van der Waals surface area (Å²) in [4.78, 5) is 7.47. The SMILES string of the molecule is CN1C=NC(OO)=CN1. The molecule has 0 saturated carbocycles. The first kappa shape index (κ1) is 5.90. The molecule has 0 aromatic carbocycles. The fourth-order valence-corrected chi connectivity index (χ4v) is 0.421. The van der Waals surface area contributed by atoms with Gasteiger partial charge in [-0.25, -0.2) is 5.26 Å². The van der Waals surface area contributed by atoms with Crippen molar-refractivity contribution in [2.45, 2.75) is 0 Å².